The van der Waals surface area contributed by atoms with Gasteiger partial charge in [-0.15, -0.1) is 0 Å². The van der Waals surface area contributed by atoms with E-state index in [4.69, 9.17) is 11.5 Å². The lowest BCUT2D eigenvalue weighted by atomic mass is 10.1. The van der Waals surface area contributed by atoms with Gasteiger partial charge in [0, 0.05) is 6.42 Å². The molecule has 1 rings (SSSR count). The highest BCUT2D eigenvalue weighted by atomic mass is 19.1. The average Bonchev–Trinajstić information content (AvgIpc) is 2.08. The number of hydrogen-bond donors (Lipinski definition) is 3. The Labute approximate surface area is 76.3 Å². The summed E-state index contributed by atoms with van der Waals surface area (Å²) < 4.78 is 12.5. The van der Waals surface area contributed by atoms with Crippen LogP contribution < -0.4 is 16.5 Å². The van der Waals surface area contributed by atoms with Crippen LogP contribution in [0.4, 0.5) is 4.39 Å². The van der Waals surface area contributed by atoms with Crippen molar-refractivity contribution in [2.45, 2.75) is 6.42 Å². The van der Waals surface area contributed by atoms with E-state index >= 15 is 0 Å². The minimum absolute atomic E-state index is 0.210. The van der Waals surface area contributed by atoms with Crippen LogP contribution in [0.2, 0.25) is 0 Å². The minimum atomic E-state index is -0.221. The predicted molar refractivity (Wildman–Crippen MR) is 49.3 cm³/mol. The van der Waals surface area contributed by atoms with Crippen molar-refractivity contribution in [3.63, 3.8) is 0 Å². The van der Waals surface area contributed by atoms with Crippen LogP contribution in [-0.4, -0.2) is 12.5 Å². The van der Waals surface area contributed by atoms with Crippen molar-refractivity contribution in [3.8, 4) is 0 Å². The number of rotatable bonds is 3. The summed E-state index contributed by atoms with van der Waals surface area (Å²) >= 11 is 0. The summed E-state index contributed by atoms with van der Waals surface area (Å²) in [5, 5.41) is 0. The summed E-state index contributed by atoms with van der Waals surface area (Å²) in [6, 6.07) is 6.35. The van der Waals surface area contributed by atoms with Crippen LogP contribution in [0.1, 0.15) is 5.56 Å². The zero-order valence-corrected chi connectivity index (χ0v) is 7.26. The average molecular weight is 182 g/mol. The van der Waals surface area contributed by atoms with Crippen molar-refractivity contribution in [2.75, 3.05) is 6.54 Å². The van der Waals surface area contributed by atoms with Gasteiger partial charge in [-0.05, 0) is 17.7 Å². The zero-order valence-electron chi connectivity index (χ0n) is 7.26. The second-order valence-corrected chi connectivity index (χ2v) is 2.76. The summed E-state index contributed by atoms with van der Waals surface area (Å²) in [6.07, 6.45) is 0.776. The first-order valence-electron chi connectivity index (χ1n) is 4.04. The molecule has 0 atom stereocenters. The molecule has 4 heteroatoms. The largest absolute Gasteiger partial charge is 0.338 e. The van der Waals surface area contributed by atoms with Crippen LogP contribution >= 0.6 is 0 Å². The van der Waals surface area contributed by atoms with Crippen molar-refractivity contribution >= 4 is 5.96 Å². The molecule has 13 heavy (non-hydrogen) atoms. The molecular formula is C9H13FN3+. The molecule has 0 heterocycles. The van der Waals surface area contributed by atoms with Gasteiger partial charge in [0.25, 0.3) is 0 Å². The fourth-order valence-electron chi connectivity index (χ4n) is 1.00. The highest BCUT2D eigenvalue weighted by molar-refractivity contribution is 5.69. The maximum Gasteiger partial charge on any atom is 0.338 e. The first-order valence-corrected chi connectivity index (χ1v) is 4.04. The van der Waals surface area contributed by atoms with Gasteiger partial charge in [0.1, 0.15) is 5.82 Å². The number of hydrogen-bond acceptors (Lipinski definition) is 0. The van der Waals surface area contributed by atoms with Crippen molar-refractivity contribution in [2.24, 2.45) is 11.5 Å². The first kappa shape index (κ1) is 9.51. The Morgan fingerprint density at radius 1 is 1.23 bits per heavy atom. The van der Waals surface area contributed by atoms with Gasteiger partial charge in [0.2, 0.25) is 0 Å². The number of nitrogens with two attached hydrogens (primary N) is 2. The summed E-state index contributed by atoms with van der Waals surface area (Å²) in [7, 11) is 0. The fourth-order valence-corrected chi connectivity index (χ4v) is 1.00. The molecule has 0 aliphatic rings. The van der Waals surface area contributed by atoms with Crippen LogP contribution in [0.25, 0.3) is 0 Å². The van der Waals surface area contributed by atoms with Crippen molar-refractivity contribution in [1.29, 1.82) is 0 Å². The third-order valence-electron chi connectivity index (χ3n) is 1.66. The van der Waals surface area contributed by atoms with E-state index in [1.807, 2.05) is 0 Å². The lowest BCUT2D eigenvalue weighted by Crippen LogP contribution is -2.78. The predicted octanol–water partition coefficient (Wildman–Crippen LogP) is -1.28. The van der Waals surface area contributed by atoms with Gasteiger partial charge in [0.15, 0.2) is 0 Å². The van der Waals surface area contributed by atoms with Crippen LogP contribution in [0.15, 0.2) is 24.3 Å². The van der Waals surface area contributed by atoms with E-state index in [0.29, 0.717) is 6.54 Å². The van der Waals surface area contributed by atoms with E-state index in [1.165, 1.54) is 12.1 Å². The number of guanidine groups is 1. The lowest BCUT2D eigenvalue weighted by Gasteiger charge is -1.96. The molecular weight excluding hydrogens is 169 g/mol. The zero-order chi connectivity index (χ0) is 9.68. The molecule has 0 saturated carbocycles. The third-order valence-corrected chi connectivity index (χ3v) is 1.66. The Morgan fingerprint density at radius 2 is 1.85 bits per heavy atom. The van der Waals surface area contributed by atoms with Gasteiger partial charge in [-0.3, -0.25) is 16.5 Å². The van der Waals surface area contributed by atoms with Gasteiger partial charge in [0.05, 0.1) is 6.54 Å². The molecule has 0 aliphatic heterocycles. The monoisotopic (exact) mass is 182 g/mol. The molecule has 3 nitrogen and oxygen atoms in total. The van der Waals surface area contributed by atoms with Crippen LogP contribution in [-0.2, 0) is 6.42 Å². The number of nitrogens with one attached hydrogen (secondary N) is 1. The second kappa shape index (κ2) is 4.45. The van der Waals surface area contributed by atoms with Crippen molar-refractivity contribution < 1.29 is 9.38 Å². The Kier molecular flexibility index (Phi) is 3.25. The SMILES string of the molecule is NC(N)=[NH+]CCc1ccc(F)cc1. The summed E-state index contributed by atoms with van der Waals surface area (Å²) in [4.78, 5) is 2.79. The van der Waals surface area contributed by atoms with Gasteiger partial charge < -0.3 is 0 Å². The summed E-state index contributed by atoms with van der Waals surface area (Å²) in [5.41, 5.74) is 11.5. The molecule has 0 bridgehead atoms. The molecule has 0 unspecified atom stereocenters. The standard InChI is InChI=1S/C9H12FN3/c10-8-3-1-7(2-4-8)5-6-13-9(11)12/h1-4H,5-6H2,(H4,11,12,13)/p+1. The molecule has 1 aromatic carbocycles. The highest BCUT2D eigenvalue weighted by Crippen LogP contribution is 2.01. The van der Waals surface area contributed by atoms with Gasteiger partial charge in [-0.1, -0.05) is 12.1 Å². The van der Waals surface area contributed by atoms with Gasteiger partial charge in [-0.2, -0.15) is 0 Å². The maximum atomic E-state index is 12.5. The lowest BCUT2D eigenvalue weighted by molar-refractivity contribution is -0.458. The Bertz CT molecular complexity index is 288. The normalized spacial score (nSPS) is 9.62. The molecule has 0 aliphatic carbocycles. The topological polar surface area (TPSA) is 66.0 Å². The summed E-state index contributed by atoms with van der Waals surface area (Å²) in [5.74, 6) is -0.0104. The van der Waals surface area contributed by atoms with E-state index < -0.39 is 0 Å². The third kappa shape index (κ3) is 3.55. The first-order chi connectivity index (χ1) is 6.18. The number of halogens is 1. The van der Waals surface area contributed by atoms with E-state index in [0.717, 1.165) is 12.0 Å². The molecule has 0 saturated heterocycles. The van der Waals surface area contributed by atoms with Crippen LogP contribution in [0.5, 0.6) is 0 Å². The Morgan fingerprint density at radius 3 is 2.38 bits per heavy atom. The molecule has 5 N–H and O–H groups in total. The second-order valence-electron chi connectivity index (χ2n) is 2.76. The number of benzene rings is 1. The van der Waals surface area contributed by atoms with Gasteiger partial charge >= 0.3 is 5.96 Å². The quantitative estimate of drug-likeness (QED) is 0.403. The molecule has 0 amide bonds. The van der Waals surface area contributed by atoms with E-state index in [-0.39, 0.29) is 11.8 Å². The van der Waals surface area contributed by atoms with Gasteiger partial charge in [-0.25, -0.2) is 4.39 Å². The van der Waals surface area contributed by atoms with E-state index in [9.17, 15) is 4.39 Å². The Balaban J connectivity index is 2.46. The molecule has 0 radical (unpaired) electrons. The molecule has 70 valence electrons. The molecule has 0 aromatic heterocycles. The van der Waals surface area contributed by atoms with Crippen molar-refractivity contribution in [1.82, 2.24) is 0 Å². The molecule has 0 spiro atoms. The van der Waals surface area contributed by atoms with E-state index in [2.05, 4.69) is 4.99 Å². The molecule has 1 aromatic rings. The summed E-state index contributed by atoms with van der Waals surface area (Å²) in [6.45, 7) is 0.661. The van der Waals surface area contributed by atoms with Crippen LogP contribution in [0.3, 0.4) is 0 Å². The van der Waals surface area contributed by atoms with Crippen LogP contribution in [0, 0.1) is 5.82 Å². The van der Waals surface area contributed by atoms with E-state index in [1.54, 1.807) is 12.1 Å². The Hall–Kier alpha value is -1.58. The minimum Gasteiger partial charge on any atom is -0.291 e. The smallest absolute Gasteiger partial charge is 0.291 e. The molecule has 0 fully saturated rings. The fraction of sp³-hybridized carbons (Fsp3) is 0.222. The highest BCUT2D eigenvalue weighted by Gasteiger charge is 1.93. The van der Waals surface area contributed by atoms with Crippen molar-refractivity contribution in [3.05, 3.63) is 35.6 Å². The maximum absolute atomic E-state index is 12.5.